The summed E-state index contributed by atoms with van der Waals surface area (Å²) in [6.07, 6.45) is 0.889. The van der Waals surface area contributed by atoms with Crippen molar-refractivity contribution in [3.63, 3.8) is 0 Å². The highest BCUT2D eigenvalue weighted by Gasteiger charge is 2.07. The molecule has 3 N–H and O–H groups in total. The highest BCUT2D eigenvalue weighted by molar-refractivity contribution is 7.99. The van der Waals surface area contributed by atoms with Crippen LogP contribution in [0.4, 0.5) is 0 Å². The number of amides is 1. The molecule has 0 aliphatic heterocycles. The quantitative estimate of drug-likeness (QED) is 0.676. The Kier molecular flexibility index (Phi) is 5.62. The van der Waals surface area contributed by atoms with Crippen LogP contribution in [-0.4, -0.2) is 33.4 Å². The highest BCUT2D eigenvalue weighted by atomic mass is 32.2. The lowest BCUT2D eigenvalue weighted by Gasteiger charge is -2.12. The van der Waals surface area contributed by atoms with Gasteiger partial charge in [-0.2, -0.15) is 0 Å². The summed E-state index contributed by atoms with van der Waals surface area (Å²) in [4.78, 5) is 25.0. The Morgan fingerprint density at radius 1 is 1.38 bits per heavy atom. The van der Waals surface area contributed by atoms with E-state index in [1.54, 1.807) is 0 Å². The molecule has 112 valence electrons. The van der Waals surface area contributed by atoms with Crippen LogP contribution in [0.2, 0.25) is 0 Å². The minimum Gasteiger partial charge on any atom is -0.355 e. The van der Waals surface area contributed by atoms with E-state index in [9.17, 15) is 9.59 Å². The van der Waals surface area contributed by atoms with Crippen LogP contribution in [0.5, 0.6) is 0 Å². The molecule has 0 spiro atoms. The van der Waals surface area contributed by atoms with E-state index in [4.69, 9.17) is 0 Å². The molecule has 0 saturated carbocycles. The summed E-state index contributed by atoms with van der Waals surface area (Å²) < 4.78 is 0. The molecule has 6 nitrogen and oxygen atoms in total. The number of nitrogens with zero attached hydrogens (tertiary/aromatic N) is 1. The summed E-state index contributed by atoms with van der Waals surface area (Å²) in [6.45, 7) is 2.78. The fraction of sp³-hybridized carbons (Fsp3) is 0.357. The van der Waals surface area contributed by atoms with Gasteiger partial charge in [0.15, 0.2) is 5.16 Å². The molecular formula is C14H18N4O2S. The normalized spacial score (nSPS) is 12.0. The molecule has 0 fully saturated rings. The molecule has 0 bridgehead atoms. The first kappa shape index (κ1) is 15.4. The first-order valence-electron chi connectivity index (χ1n) is 6.74. The second-order valence-corrected chi connectivity index (χ2v) is 5.69. The van der Waals surface area contributed by atoms with Crippen molar-refractivity contribution in [2.75, 3.05) is 12.3 Å². The number of H-pyrrole nitrogens is 2. The topological polar surface area (TPSA) is 90.6 Å². The molecule has 1 aromatic heterocycles. The Morgan fingerprint density at radius 2 is 2.14 bits per heavy atom. The third kappa shape index (κ3) is 5.11. The van der Waals surface area contributed by atoms with E-state index in [0.29, 0.717) is 17.6 Å². The van der Waals surface area contributed by atoms with Crippen molar-refractivity contribution in [1.29, 1.82) is 0 Å². The van der Waals surface area contributed by atoms with Gasteiger partial charge in [-0.1, -0.05) is 49.0 Å². The zero-order chi connectivity index (χ0) is 15.1. The van der Waals surface area contributed by atoms with Gasteiger partial charge in [0.1, 0.15) is 0 Å². The van der Waals surface area contributed by atoms with E-state index < -0.39 is 0 Å². The second-order valence-electron chi connectivity index (χ2n) is 4.72. The zero-order valence-corrected chi connectivity index (χ0v) is 12.6. The van der Waals surface area contributed by atoms with Crippen LogP contribution in [0.25, 0.3) is 0 Å². The van der Waals surface area contributed by atoms with Crippen molar-refractivity contribution < 1.29 is 4.79 Å². The van der Waals surface area contributed by atoms with Gasteiger partial charge in [-0.3, -0.25) is 9.78 Å². The maximum Gasteiger partial charge on any atom is 0.341 e. The van der Waals surface area contributed by atoms with E-state index in [0.717, 1.165) is 6.42 Å². The Labute approximate surface area is 126 Å². The lowest BCUT2D eigenvalue weighted by molar-refractivity contribution is -0.118. The van der Waals surface area contributed by atoms with E-state index >= 15 is 0 Å². The number of aromatic nitrogens is 3. The van der Waals surface area contributed by atoms with Crippen molar-refractivity contribution in [2.45, 2.75) is 24.4 Å². The van der Waals surface area contributed by atoms with Crippen molar-refractivity contribution in [1.82, 2.24) is 20.5 Å². The maximum atomic E-state index is 11.7. The number of benzene rings is 1. The highest BCUT2D eigenvalue weighted by Crippen LogP contribution is 2.17. The van der Waals surface area contributed by atoms with Gasteiger partial charge in [0, 0.05) is 6.54 Å². The summed E-state index contributed by atoms with van der Waals surface area (Å²) in [7, 11) is 0. The first-order valence-corrected chi connectivity index (χ1v) is 7.73. The molecule has 1 amide bonds. The first-order chi connectivity index (χ1) is 10.1. The molecule has 2 rings (SSSR count). The lowest BCUT2D eigenvalue weighted by Crippen LogP contribution is -2.27. The van der Waals surface area contributed by atoms with E-state index in [2.05, 4.69) is 39.6 Å². The molecule has 21 heavy (non-hydrogen) atoms. The molecule has 0 aliphatic carbocycles. The Balaban J connectivity index is 1.66. The van der Waals surface area contributed by atoms with Crippen molar-refractivity contribution in [3.05, 3.63) is 46.4 Å². The molecule has 2 aromatic rings. The molecule has 1 aromatic carbocycles. The number of rotatable bonds is 7. The van der Waals surface area contributed by atoms with E-state index in [1.807, 2.05) is 18.2 Å². The lowest BCUT2D eigenvalue weighted by atomic mass is 9.98. The zero-order valence-electron chi connectivity index (χ0n) is 11.8. The molecular weight excluding hydrogens is 288 g/mol. The predicted octanol–water partition coefficient (Wildman–Crippen LogP) is 1.50. The van der Waals surface area contributed by atoms with Gasteiger partial charge in [-0.05, 0) is 17.9 Å². The Hall–Kier alpha value is -2.02. The average molecular weight is 306 g/mol. The Morgan fingerprint density at radius 3 is 2.81 bits per heavy atom. The van der Waals surface area contributed by atoms with Gasteiger partial charge in [0.2, 0.25) is 5.91 Å². The predicted molar refractivity (Wildman–Crippen MR) is 82.4 cm³/mol. The SMILES string of the molecule is C[C@@H](CCNC(=O)CSc1n[nH]c(=O)[nH]1)c1ccccc1. The van der Waals surface area contributed by atoms with E-state index in [-0.39, 0.29) is 17.3 Å². The van der Waals surface area contributed by atoms with Crippen LogP contribution in [-0.2, 0) is 4.79 Å². The van der Waals surface area contributed by atoms with Gasteiger partial charge >= 0.3 is 5.69 Å². The number of carbonyl (C=O) groups is 1. The third-order valence-corrected chi connectivity index (χ3v) is 3.96. The van der Waals surface area contributed by atoms with Gasteiger partial charge in [0.25, 0.3) is 0 Å². The molecule has 0 aliphatic rings. The van der Waals surface area contributed by atoms with Crippen molar-refractivity contribution in [3.8, 4) is 0 Å². The molecule has 7 heteroatoms. The van der Waals surface area contributed by atoms with Crippen LogP contribution in [0, 0.1) is 0 Å². The maximum absolute atomic E-state index is 11.7. The third-order valence-electron chi connectivity index (χ3n) is 3.09. The van der Waals surface area contributed by atoms with Gasteiger partial charge < -0.3 is 5.32 Å². The summed E-state index contributed by atoms with van der Waals surface area (Å²) in [5.41, 5.74) is 0.907. The van der Waals surface area contributed by atoms with Crippen LogP contribution < -0.4 is 11.0 Å². The van der Waals surface area contributed by atoms with Crippen LogP contribution >= 0.6 is 11.8 Å². The summed E-state index contributed by atoms with van der Waals surface area (Å²) in [5.74, 6) is 0.575. The molecule has 0 unspecified atom stereocenters. The number of hydrogen-bond donors (Lipinski definition) is 3. The largest absolute Gasteiger partial charge is 0.355 e. The summed E-state index contributed by atoms with van der Waals surface area (Å²) in [5, 5.41) is 9.28. The van der Waals surface area contributed by atoms with E-state index in [1.165, 1.54) is 17.3 Å². The average Bonchev–Trinajstić information content (AvgIpc) is 2.91. The van der Waals surface area contributed by atoms with Crippen LogP contribution in [0.15, 0.2) is 40.3 Å². The van der Waals surface area contributed by atoms with Gasteiger partial charge in [-0.25, -0.2) is 9.89 Å². The number of aromatic amines is 2. The van der Waals surface area contributed by atoms with Gasteiger partial charge in [0.05, 0.1) is 5.75 Å². The fourth-order valence-electron chi connectivity index (χ4n) is 1.88. The number of thioether (sulfide) groups is 1. The summed E-state index contributed by atoms with van der Waals surface area (Å²) >= 11 is 1.19. The monoisotopic (exact) mass is 306 g/mol. The standard InChI is InChI=1S/C14H18N4O2S/c1-10(11-5-3-2-4-6-11)7-8-15-12(19)9-21-14-16-13(20)17-18-14/h2-6,10H,7-9H2,1H3,(H,15,19)(H2,16,17,18,20)/t10-/m0/s1. The minimum atomic E-state index is -0.366. The molecule has 1 heterocycles. The smallest absolute Gasteiger partial charge is 0.341 e. The molecule has 1 atom stereocenters. The van der Waals surface area contributed by atoms with Crippen molar-refractivity contribution >= 4 is 17.7 Å². The number of hydrogen-bond acceptors (Lipinski definition) is 4. The second kappa shape index (κ2) is 7.68. The molecule has 0 radical (unpaired) electrons. The van der Waals surface area contributed by atoms with Crippen molar-refractivity contribution in [2.24, 2.45) is 0 Å². The van der Waals surface area contributed by atoms with Crippen LogP contribution in [0.1, 0.15) is 24.8 Å². The van der Waals surface area contributed by atoms with Gasteiger partial charge in [-0.15, -0.1) is 5.10 Å². The molecule has 0 saturated heterocycles. The summed E-state index contributed by atoms with van der Waals surface area (Å²) in [6, 6.07) is 10.2. The number of carbonyl (C=O) groups excluding carboxylic acids is 1. The fourth-order valence-corrected chi connectivity index (χ4v) is 2.53. The Bertz CT molecular complexity index is 623. The minimum absolute atomic E-state index is 0.0656. The number of nitrogens with one attached hydrogen (secondary N) is 3. The van der Waals surface area contributed by atoms with Crippen LogP contribution in [0.3, 0.4) is 0 Å².